The van der Waals surface area contributed by atoms with Crippen molar-refractivity contribution in [1.82, 2.24) is 15.4 Å². The fourth-order valence-electron chi connectivity index (χ4n) is 2.36. The Balaban J connectivity index is 1.87. The van der Waals surface area contributed by atoms with Gasteiger partial charge in [-0.05, 0) is 30.7 Å². The average molecular weight is 341 g/mol. The van der Waals surface area contributed by atoms with Crippen LogP contribution in [-0.2, 0) is 26.1 Å². The van der Waals surface area contributed by atoms with Gasteiger partial charge in [0, 0.05) is 26.7 Å². The lowest BCUT2D eigenvalue weighted by atomic mass is 10.1. The highest BCUT2D eigenvalue weighted by atomic mass is 32.2. The largest absolute Gasteiger partial charge is 0.383 e. The van der Waals surface area contributed by atoms with Gasteiger partial charge in [-0.1, -0.05) is 12.1 Å². The molecule has 1 atom stereocenters. The van der Waals surface area contributed by atoms with E-state index in [2.05, 4.69) is 15.4 Å². The van der Waals surface area contributed by atoms with Crippen LogP contribution in [0, 0.1) is 5.92 Å². The molecular formula is C15H23N3O4S. The lowest BCUT2D eigenvalue weighted by molar-refractivity contribution is -0.124. The van der Waals surface area contributed by atoms with Gasteiger partial charge in [-0.15, -0.1) is 0 Å². The van der Waals surface area contributed by atoms with Crippen LogP contribution in [0.3, 0.4) is 0 Å². The molecule has 1 amide bonds. The van der Waals surface area contributed by atoms with Gasteiger partial charge in [0.2, 0.25) is 15.9 Å². The third kappa shape index (κ3) is 5.28. The predicted octanol–water partition coefficient (Wildman–Crippen LogP) is -0.163. The molecule has 2 rings (SSSR count). The summed E-state index contributed by atoms with van der Waals surface area (Å²) in [5, 5.41) is 6.03. The maximum atomic E-state index is 12.0. The average Bonchev–Trinajstić information content (AvgIpc) is 3.08. The molecule has 1 heterocycles. The summed E-state index contributed by atoms with van der Waals surface area (Å²) >= 11 is 0. The summed E-state index contributed by atoms with van der Waals surface area (Å²) in [4.78, 5) is 12.1. The summed E-state index contributed by atoms with van der Waals surface area (Å²) in [6.45, 7) is 2.54. The standard InChI is InChI=1S/C15H23N3O4S/c1-22-9-8-18-23(20,21)14-4-2-12(3-5-14)10-17-15(19)13-6-7-16-11-13/h2-5,13,16,18H,6-11H2,1H3,(H,17,19). The molecule has 1 unspecified atom stereocenters. The first-order valence-corrected chi connectivity index (χ1v) is 9.07. The normalized spacial score (nSPS) is 18.0. The number of nitrogens with one attached hydrogen (secondary N) is 3. The first-order chi connectivity index (χ1) is 11.0. The minimum Gasteiger partial charge on any atom is -0.383 e. The predicted molar refractivity (Wildman–Crippen MR) is 86.3 cm³/mol. The van der Waals surface area contributed by atoms with E-state index in [-0.39, 0.29) is 23.3 Å². The zero-order valence-electron chi connectivity index (χ0n) is 13.2. The van der Waals surface area contributed by atoms with E-state index in [0.717, 1.165) is 25.1 Å². The van der Waals surface area contributed by atoms with Crippen LogP contribution in [0.5, 0.6) is 0 Å². The fraction of sp³-hybridized carbons (Fsp3) is 0.533. The van der Waals surface area contributed by atoms with Crippen molar-refractivity contribution in [2.75, 3.05) is 33.4 Å². The summed E-state index contributed by atoms with van der Waals surface area (Å²) in [6.07, 6.45) is 0.857. The second kappa shape index (κ2) is 8.39. The van der Waals surface area contributed by atoms with Gasteiger partial charge in [0.15, 0.2) is 0 Å². The number of rotatable bonds is 8. The van der Waals surface area contributed by atoms with Gasteiger partial charge in [0.25, 0.3) is 0 Å². The molecule has 0 aliphatic carbocycles. The summed E-state index contributed by atoms with van der Waals surface area (Å²) in [6, 6.07) is 6.48. The minimum absolute atomic E-state index is 0.0274. The van der Waals surface area contributed by atoms with Gasteiger partial charge >= 0.3 is 0 Å². The molecule has 3 N–H and O–H groups in total. The molecule has 1 aromatic rings. The third-order valence-corrected chi connectivity index (χ3v) is 5.21. The Labute approximate surface area is 136 Å². The Bertz CT molecular complexity index is 610. The molecular weight excluding hydrogens is 318 g/mol. The molecule has 23 heavy (non-hydrogen) atoms. The van der Waals surface area contributed by atoms with Crippen molar-refractivity contribution in [1.29, 1.82) is 0 Å². The Kier molecular flexibility index (Phi) is 6.52. The van der Waals surface area contributed by atoms with Gasteiger partial charge in [-0.3, -0.25) is 4.79 Å². The number of methoxy groups -OCH3 is 1. The number of sulfonamides is 1. The quantitative estimate of drug-likeness (QED) is 0.571. The van der Waals surface area contributed by atoms with Crippen LogP contribution in [0.1, 0.15) is 12.0 Å². The molecule has 1 aliphatic heterocycles. The van der Waals surface area contributed by atoms with Crippen LogP contribution < -0.4 is 15.4 Å². The van der Waals surface area contributed by atoms with Gasteiger partial charge in [0.1, 0.15) is 0 Å². The van der Waals surface area contributed by atoms with Crippen molar-refractivity contribution in [2.45, 2.75) is 17.9 Å². The van der Waals surface area contributed by atoms with Gasteiger partial charge in [-0.2, -0.15) is 0 Å². The van der Waals surface area contributed by atoms with Crippen molar-refractivity contribution >= 4 is 15.9 Å². The molecule has 0 spiro atoms. The van der Waals surface area contributed by atoms with Gasteiger partial charge in [-0.25, -0.2) is 13.1 Å². The highest BCUT2D eigenvalue weighted by Gasteiger charge is 2.21. The second-order valence-corrected chi connectivity index (χ2v) is 7.21. The van der Waals surface area contributed by atoms with E-state index >= 15 is 0 Å². The summed E-state index contributed by atoms with van der Waals surface area (Å²) in [7, 11) is -2.01. The highest BCUT2D eigenvalue weighted by Crippen LogP contribution is 2.11. The van der Waals surface area contributed by atoms with Gasteiger partial charge < -0.3 is 15.4 Å². The molecule has 7 nitrogen and oxygen atoms in total. The van der Waals surface area contributed by atoms with Gasteiger partial charge in [0.05, 0.1) is 17.4 Å². The number of amides is 1. The highest BCUT2D eigenvalue weighted by molar-refractivity contribution is 7.89. The summed E-state index contributed by atoms with van der Waals surface area (Å²) in [5.41, 5.74) is 0.861. The molecule has 0 aromatic heterocycles. The van der Waals surface area contributed by atoms with Crippen molar-refractivity contribution in [3.63, 3.8) is 0 Å². The Morgan fingerprint density at radius 2 is 2.09 bits per heavy atom. The van der Waals surface area contributed by atoms with E-state index in [4.69, 9.17) is 4.74 Å². The van der Waals surface area contributed by atoms with Crippen LogP contribution in [0.25, 0.3) is 0 Å². The maximum absolute atomic E-state index is 12.0. The zero-order chi connectivity index (χ0) is 16.7. The van der Waals surface area contributed by atoms with E-state index in [1.54, 1.807) is 12.1 Å². The first-order valence-electron chi connectivity index (χ1n) is 7.59. The maximum Gasteiger partial charge on any atom is 0.240 e. The van der Waals surface area contributed by atoms with E-state index in [0.29, 0.717) is 13.2 Å². The van der Waals surface area contributed by atoms with Crippen LogP contribution in [0.4, 0.5) is 0 Å². The first kappa shape index (κ1) is 17.9. The number of ether oxygens (including phenoxy) is 1. The smallest absolute Gasteiger partial charge is 0.240 e. The number of hydrogen-bond acceptors (Lipinski definition) is 5. The molecule has 1 saturated heterocycles. The Morgan fingerprint density at radius 1 is 1.35 bits per heavy atom. The molecule has 8 heteroatoms. The van der Waals surface area contributed by atoms with Crippen LogP contribution >= 0.6 is 0 Å². The lowest BCUT2D eigenvalue weighted by Crippen LogP contribution is -2.31. The molecule has 128 valence electrons. The van der Waals surface area contributed by atoms with Crippen LogP contribution in [0.15, 0.2) is 29.2 Å². The molecule has 0 radical (unpaired) electrons. The Hall–Kier alpha value is -1.48. The lowest BCUT2D eigenvalue weighted by Gasteiger charge is -2.10. The summed E-state index contributed by atoms with van der Waals surface area (Å²) in [5.74, 6) is 0.0626. The number of carbonyl (C=O) groups is 1. The molecule has 1 aromatic carbocycles. The molecule has 0 saturated carbocycles. The van der Waals surface area contributed by atoms with Crippen LogP contribution in [0.2, 0.25) is 0 Å². The van der Waals surface area contributed by atoms with Crippen LogP contribution in [-0.4, -0.2) is 47.7 Å². The zero-order valence-corrected chi connectivity index (χ0v) is 14.0. The van der Waals surface area contributed by atoms with E-state index < -0.39 is 10.0 Å². The molecule has 0 bridgehead atoms. The van der Waals surface area contributed by atoms with Crippen molar-refractivity contribution in [2.24, 2.45) is 5.92 Å². The third-order valence-electron chi connectivity index (χ3n) is 3.73. The topological polar surface area (TPSA) is 96.5 Å². The minimum atomic E-state index is -3.52. The number of hydrogen-bond donors (Lipinski definition) is 3. The van der Waals surface area contributed by atoms with E-state index in [1.165, 1.54) is 19.2 Å². The summed E-state index contributed by atoms with van der Waals surface area (Å²) < 4.78 is 31.3. The SMILES string of the molecule is COCCNS(=O)(=O)c1ccc(CNC(=O)C2CCNC2)cc1. The Morgan fingerprint density at radius 3 is 2.70 bits per heavy atom. The van der Waals surface area contributed by atoms with E-state index in [1.807, 2.05) is 0 Å². The van der Waals surface area contributed by atoms with Crippen molar-refractivity contribution in [3.05, 3.63) is 29.8 Å². The van der Waals surface area contributed by atoms with Crippen molar-refractivity contribution < 1.29 is 17.9 Å². The second-order valence-electron chi connectivity index (χ2n) is 5.44. The van der Waals surface area contributed by atoms with E-state index in [9.17, 15) is 13.2 Å². The number of carbonyl (C=O) groups excluding carboxylic acids is 1. The monoisotopic (exact) mass is 341 g/mol. The molecule has 1 fully saturated rings. The van der Waals surface area contributed by atoms with Crippen molar-refractivity contribution in [3.8, 4) is 0 Å². The fourth-order valence-corrected chi connectivity index (χ4v) is 3.37. The molecule has 1 aliphatic rings. The number of benzene rings is 1.